The topological polar surface area (TPSA) is 0 Å². The second-order valence-corrected chi connectivity index (χ2v) is 5.52. The highest BCUT2D eigenvalue weighted by atomic mass is 79.9. The van der Waals surface area contributed by atoms with Crippen LogP contribution in [0.4, 0.5) is 0 Å². The van der Waals surface area contributed by atoms with Crippen LogP contribution in [0.15, 0.2) is 28.2 Å². The van der Waals surface area contributed by atoms with Crippen molar-refractivity contribution in [1.82, 2.24) is 0 Å². The Kier molecular flexibility index (Phi) is 5.37. The van der Waals surface area contributed by atoms with E-state index in [9.17, 15) is 0 Å². The lowest BCUT2D eigenvalue weighted by atomic mass is 10.0. The fraction of sp³-hybridized carbons (Fsp3) is 0.333. The molecule has 0 unspecified atom stereocenters. The zero-order valence-electron chi connectivity index (χ0n) is 8.73. The third-order valence-electron chi connectivity index (χ3n) is 2.20. The van der Waals surface area contributed by atoms with E-state index in [-0.39, 0.29) is 0 Å². The minimum Gasteiger partial charge on any atom is -0.0880 e. The van der Waals surface area contributed by atoms with E-state index in [1.165, 1.54) is 11.1 Å². The molecule has 0 bridgehead atoms. The van der Waals surface area contributed by atoms with Gasteiger partial charge in [-0.3, -0.25) is 0 Å². The van der Waals surface area contributed by atoms with Gasteiger partial charge >= 0.3 is 0 Å². The first kappa shape index (κ1) is 13.3. The quantitative estimate of drug-likeness (QED) is 0.627. The van der Waals surface area contributed by atoms with Crippen LogP contribution < -0.4 is 0 Å². The summed E-state index contributed by atoms with van der Waals surface area (Å²) in [5.41, 5.74) is 2.54. The molecular formula is C12H13Br2Cl. The highest BCUT2D eigenvalue weighted by Crippen LogP contribution is 2.25. The van der Waals surface area contributed by atoms with Crippen LogP contribution in [0.2, 0.25) is 5.02 Å². The van der Waals surface area contributed by atoms with Crippen LogP contribution in [0.1, 0.15) is 19.4 Å². The molecule has 0 heterocycles. The Morgan fingerprint density at radius 1 is 1.47 bits per heavy atom. The van der Waals surface area contributed by atoms with E-state index in [1.807, 2.05) is 18.2 Å². The van der Waals surface area contributed by atoms with Crippen LogP contribution in [0, 0.1) is 5.92 Å². The number of rotatable bonds is 3. The molecule has 0 atom stereocenters. The molecular weight excluding hydrogens is 339 g/mol. The van der Waals surface area contributed by atoms with E-state index >= 15 is 0 Å². The lowest BCUT2D eigenvalue weighted by molar-refractivity contribution is 0.781. The van der Waals surface area contributed by atoms with Crippen molar-refractivity contribution in [3.05, 3.63) is 38.8 Å². The van der Waals surface area contributed by atoms with Gasteiger partial charge < -0.3 is 0 Å². The second-order valence-electron chi connectivity index (χ2n) is 3.67. The molecule has 3 heteroatoms. The van der Waals surface area contributed by atoms with Crippen molar-refractivity contribution in [2.45, 2.75) is 13.8 Å². The number of benzene rings is 1. The van der Waals surface area contributed by atoms with Gasteiger partial charge in [0.1, 0.15) is 0 Å². The van der Waals surface area contributed by atoms with Crippen molar-refractivity contribution in [2.24, 2.45) is 5.92 Å². The second kappa shape index (κ2) is 6.07. The number of hydrogen-bond donors (Lipinski definition) is 0. The Morgan fingerprint density at radius 3 is 2.60 bits per heavy atom. The average molecular weight is 352 g/mol. The van der Waals surface area contributed by atoms with Crippen LogP contribution in [-0.4, -0.2) is 5.33 Å². The lowest BCUT2D eigenvalue weighted by Crippen LogP contribution is -1.95. The maximum Gasteiger partial charge on any atom is 0.0417 e. The van der Waals surface area contributed by atoms with Crippen LogP contribution in [0.5, 0.6) is 0 Å². The van der Waals surface area contributed by atoms with Crippen molar-refractivity contribution >= 4 is 49.5 Å². The molecule has 0 saturated heterocycles. The summed E-state index contributed by atoms with van der Waals surface area (Å²) in [5, 5.41) is 1.66. The van der Waals surface area contributed by atoms with Crippen LogP contribution in [0.3, 0.4) is 0 Å². The Balaban J connectivity index is 3.06. The Bertz CT molecular complexity index is 370. The number of alkyl halides is 1. The van der Waals surface area contributed by atoms with Crippen molar-refractivity contribution in [1.29, 1.82) is 0 Å². The van der Waals surface area contributed by atoms with Crippen molar-refractivity contribution < 1.29 is 0 Å². The van der Waals surface area contributed by atoms with Gasteiger partial charge in [-0.25, -0.2) is 0 Å². The highest BCUT2D eigenvalue weighted by molar-refractivity contribution is 9.10. The summed E-state index contributed by atoms with van der Waals surface area (Å²) in [7, 11) is 0. The van der Waals surface area contributed by atoms with Gasteiger partial charge in [-0.05, 0) is 23.6 Å². The number of hydrogen-bond acceptors (Lipinski definition) is 0. The zero-order chi connectivity index (χ0) is 11.4. The van der Waals surface area contributed by atoms with Crippen LogP contribution >= 0.6 is 43.5 Å². The smallest absolute Gasteiger partial charge is 0.0417 e. The van der Waals surface area contributed by atoms with E-state index in [4.69, 9.17) is 11.6 Å². The molecule has 1 aromatic rings. The van der Waals surface area contributed by atoms with Gasteiger partial charge in [-0.15, -0.1) is 0 Å². The van der Waals surface area contributed by atoms with E-state index in [1.54, 1.807) is 0 Å². The lowest BCUT2D eigenvalue weighted by Gasteiger charge is -2.08. The Hall–Kier alpha value is 0.210. The van der Waals surface area contributed by atoms with Crippen molar-refractivity contribution in [2.75, 3.05) is 5.33 Å². The summed E-state index contributed by atoms with van der Waals surface area (Å²) in [6, 6.07) is 5.85. The van der Waals surface area contributed by atoms with E-state index < -0.39 is 0 Å². The van der Waals surface area contributed by atoms with Gasteiger partial charge in [0.15, 0.2) is 0 Å². The maximum atomic E-state index is 5.89. The summed E-state index contributed by atoms with van der Waals surface area (Å²) in [6.07, 6.45) is 2.19. The molecule has 0 N–H and O–H groups in total. The van der Waals surface area contributed by atoms with Gasteiger partial charge in [0, 0.05) is 14.8 Å². The van der Waals surface area contributed by atoms with Gasteiger partial charge in [0.25, 0.3) is 0 Å². The standard InChI is InChI=1S/C12H13Br2Cl/c1-8(2)10(7-13)5-9-3-4-11(15)6-12(9)14/h3-6,8H,7H2,1-2H3/b10-5+. The largest absolute Gasteiger partial charge is 0.0880 e. The molecule has 0 fully saturated rings. The zero-order valence-corrected chi connectivity index (χ0v) is 12.7. The summed E-state index contributed by atoms with van der Waals surface area (Å²) >= 11 is 12.9. The monoisotopic (exact) mass is 350 g/mol. The van der Waals surface area contributed by atoms with Crippen LogP contribution in [-0.2, 0) is 0 Å². The molecule has 15 heavy (non-hydrogen) atoms. The Labute approximate surface area is 113 Å². The summed E-state index contributed by atoms with van der Waals surface area (Å²) in [5.74, 6) is 0.548. The molecule has 0 nitrogen and oxygen atoms in total. The molecule has 0 aliphatic carbocycles. The molecule has 0 saturated carbocycles. The summed E-state index contributed by atoms with van der Waals surface area (Å²) in [4.78, 5) is 0. The fourth-order valence-corrected chi connectivity index (χ4v) is 2.78. The Morgan fingerprint density at radius 2 is 2.13 bits per heavy atom. The van der Waals surface area contributed by atoms with Crippen molar-refractivity contribution in [3.63, 3.8) is 0 Å². The van der Waals surface area contributed by atoms with Crippen molar-refractivity contribution in [3.8, 4) is 0 Å². The molecule has 1 rings (SSSR count). The summed E-state index contributed by atoms with van der Waals surface area (Å²) in [6.45, 7) is 4.38. The molecule has 0 aliphatic rings. The first-order chi connectivity index (χ1) is 7.04. The predicted molar refractivity (Wildman–Crippen MR) is 75.8 cm³/mol. The molecule has 0 radical (unpaired) electrons. The highest BCUT2D eigenvalue weighted by Gasteiger charge is 2.04. The normalized spacial score (nSPS) is 12.3. The molecule has 0 amide bonds. The van der Waals surface area contributed by atoms with E-state index in [0.29, 0.717) is 5.92 Å². The molecule has 0 aliphatic heterocycles. The fourth-order valence-electron chi connectivity index (χ4n) is 1.18. The van der Waals surface area contributed by atoms with Gasteiger partial charge in [-0.1, -0.05) is 75.0 Å². The molecule has 1 aromatic carbocycles. The molecule has 0 spiro atoms. The van der Waals surface area contributed by atoms with Gasteiger partial charge in [-0.2, -0.15) is 0 Å². The molecule has 0 aromatic heterocycles. The van der Waals surface area contributed by atoms with E-state index in [0.717, 1.165) is 14.8 Å². The molecule has 82 valence electrons. The first-order valence-electron chi connectivity index (χ1n) is 4.76. The minimum absolute atomic E-state index is 0.548. The third-order valence-corrected chi connectivity index (χ3v) is 3.77. The third kappa shape index (κ3) is 3.93. The summed E-state index contributed by atoms with van der Waals surface area (Å²) < 4.78 is 1.04. The van der Waals surface area contributed by atoms with Gasteiger partial charge in [0.2, 0.25) is 0 Å². The predicted octanol–water partition coefficient (Wildman–Crippen LogP) is 5.54. The minimum atomic E-state index is 0.548. The first-order valence-corrected chi connectivity index (χ1v) is 7.05. The van der Waals surface area contributed by atoms with Crippen LogP contribution in [0.25, 0.3) is 6.08 Å². The maximum absolute atomic E-state index is 5.89. The average Bonchev–Trinajstić information content (AvgIpc) is 2.16. The number of halogens is 3. The SMILES string of the molecule is CC(C)/C(=C/c1ccc(Cl)cc1Br)CBr. The van der Waals surface area contributed by atoms with Gasteiger partial charge in [0.05, 0.1) is 0 Å². The number of allylic oxidation sites excluding steroid dienone is 1. The van der Waals surface area contributed by atoms with E-state index in [2.05, 4.69) is 51.8 Å².